The molecule has 0 amide bonds. The summed E-state index contributed by atoms with van der Waals surface area (Å²) >= 11 is 6.07. The minimum Gasteiger partial charge on any atom is -0.383 e. The van der Waals surface area contributed by atoms with Crippen molar-refractivity contribution in [2.24, 2.45) is 0 Å². The quantitative estimate of drug-likeness (QED) is 0.850. The van der Waals surface area contributed by atoms with E-state index >= 15 is 0 Å². The minimum absolute atomic E-state index is 0.485. The Morgan fingerprint density at radius 3 is 2.94 bits per heavy atom. The molecule has 0 aliphatic carbocycles. The normalized spacial score (nSPS) is 10.9. The zero-order valence-corrected chi connectivity index (χ0v) is 9.75. The number of rotatable bonds is 3. The first-order chi connectivity index (χ1) is 7.72. The van der Waals surface area contributed by atoms with Crippen molar-refractivity contribution in [3.63, 3.8) is 0 Å². The van der Waals surface area contributed by atoms with Gasteiger partial charge in [-0.3, -0.25) is 0 Å². The number of aromatic nitrogens is 2. The molecule has 1 aromatic carbocycles. The number of para-hydroxylation sites is 1. The van der Waals surface area contributed by atoms with Gasteiger partial charge in [0.25, 0.3) is 0 Å². The van der Waals surface area contributed by atoms with Crippen LogP contribution in [0, 0.1) is 0 Å². The molecule has 0 fully saturated rings. The van der Waals surface area contributed by atoms with E-state index in [0.29, 0.717) is 16.7 Å². The summed E-state index contributed by atoms with van der Waals surface area (Å²) in [5.41, 5.74) is 6.59. The van der Waals surface area contributed by atoms with Gasteiger partial charge >= 0.3 is 0 Å². The van der Waals surface area contributed by atoms with E-state index < -0.39 is 0 Å². The minimum atomic E-state index is 0.485. The van der Waals surface area contributed by atoms with Gasteiger partial charge in [0.05, 0.1) is 10.5 Å². The smallest absolute Gasteiger partial charge is 0.135 e. The molecular formula is C11H13ClN4. The number of nitrogens with two attached hydrogens (primary N) is 1. The zero-order valence-electron chi connectivity index (χ0n) is 9.00. The molecule has 5 heteroatoms. The van der Waals surface area contributed by atoms with Crippen molar-refractivity contribution in [1.29, 1.82) is 0 Å². The Morgan fingerprint density at radius 2 is 2.19 bits per heavy atom. The highest BCUT2D eigenvalue weighted by molar-refractivity contribution is 6.35. The number of hydrogen-bond donors (Lipinski definition) is 2. The van der Waals surface area contributed by atoms with Crippen LogP contribution in [0.25, 0.3) is 10.9 Å². The van der Waals surface area contributed by atoms with Crippen LogP contribution < -0.4 is 11.1 Å². The van der Waals surface area contributed by atoms with E-state index in [1.807, 2.05) is 19.2 Å². The van der Waals surface area contributed by atoms with E-state index in [1.54, 1.807) is 6.07 Å². The lowest BCUT2D eigenvalue weighted by atomic mass is 10.2. The van der Waals surface area contributed by atoms with Crippen molar-refractivity contribution in [2.75, 3.05) is 19.3 Å². The number of anilines is 1. The summed E-state index contributed by atoms with van der Waals surface area (Å²) in [7, 11) is 1.89. The highest BCUT2D eigenvalue weighted by Gasteiger charge is 2.07. The zero-order chi connectivity index (χ0) is 11.5. The van der Waals surface area contributed by atoms with Gasteiger partial charge < -0.3 is 11.1 Å². The second-order valence-electron chi connectivity index (χ2n) is 3.51. The molecule has 84 valence electrons. The van der Waals surface area contributed by atoms with Gasteiger partial charge in [0.1, 0.15) is 11.6 Å². The average molecular weight is 237 g/mol. The van der Waals surface area contributed by atoms with Crippen LogP contribution in [0.1, 0.15) is 5.82 Å². The van der Waals surface area contributed by atoms with Gasteiger partial charge in [-0.25, -0.2) is 9.97 Å². The van der Waals surface area contributed by atoms with Crippen molar-refractivity contribution in [2.45, 2.75) is 6.42 Å². The van der Waals surface area contributed by atoms with Crippen LogP contribution in [0.2, 0.25) is 5.02 Å². The molecule has 0 unspecified atom stereocenters. The second kappa shape index (κ2) is 4.63. The number of nitrogens with zero attached hydrogens (tertiary/aromatic N) is 2. The fraction of sp³-hybridized carbons (Fsp3) is 0.273. The maximum Gasteiger partial charge on any atom is 0.135 e. The second-order valence-corrected chi connectivity index (χ2v) is 3.92. The van der Waals surface area contributed by atoms with Crippen molar-refractivity contribution >= 4 is 28.3 Å². The summed E-state index contributed by atoms with van der Waals surface area (Å²) in [5.74, 6) is 1.20. The molecule has 0 atom stereocenters. The Kier molecular flexibility index (Phi) is 3.22. The molecule has 0 saturated carbocycles. The third-order valence-electron chi connectivity index (χ3n) is 2.35. The van der Waals surface area contributed by atoms with Gasteiger partial charge in [-0.05, 0) is 19.2 Å². The number of likely N-dealkylation sites (N-methyl/N-ethyl adjacent to an activating group) is 1. The van der Waals surface area contributed by atoms with Crippen molar-refractivity contribution in [3.05, 3.63) is 29.0 Å². The monoisotopic (exact) mass is 236 g/mol. The Labute approximate surface area is 98.8 Å². The van der Waals surface area contributed by atoms with E-state index in [1.165, 1.54) is 0 Å². The number of hydrogen-bond acceptors (Lipinski definition) is 4. The predicted octanol–water partition coefficient (Wildman–Crippen LogP) is 1.63. The number of nitrogen functional groups attached to an aromatic ring is 1. The van der Waals surface area contributed by atoms with E-state index in [4.69, 9.17) is 17.3 Å². The highest BCUT2D eigenvalue weighted by Crippen LogP contribution is 2.24. The first kappa shape index (κ1) is 11.1. The molecule has 2 aromatic rings. The summed E-state index contributed by atoms with van der Waals surface area (Å²) in [6.07, 6.45) is 0.738. The molecule has 4 nitrogen and oxygen atoms in total. The standard InChI is InChI=1S/C11H13ClN4/c1-14-6-5-9-15-10-7(11(13)16-9)3-2-4-8(10)12/h2-4,14H,5-6H2,1H3,(H2,13,15,16). The number of fused-ring (bicyclic) bond motifs is 1. The molecule has 3 N–H and O–H groups in total. The molecule has 16 heavy (non-hydrogen) atoms. The van der Waals surface area contributed by atoms with Gasteiger partial charge in [-0.15, -0.1) is 0 Å². The largest absolute Gasteiger partial charge is 0.383 e. The van der Waals surface area contributed by atoms with E-state index in [9.17, 15) is 0 Å². The Hall–Kier alpha value is -1.39. The Morgan fingerprint density at radius 1 is 1.38 bits per heavy atom. The van der Waals surface area contributed by atoms with E-state index in [0.717, 1.165) is 23.9 Å². The molecule has 0 radical (unpaired) electrons. The third kappa shape index (κ3) is 2.08. The fourth-order valence-corrected chi connectivity index (χ4v) is 1.75. The van der Waals surface area contributed by atoms with Crippen LogP contribution in [-0.4, -0.2) is 23.6 Å². The van der Waals surface area contributed by atoms with Gasteiger partial charge in [-0.1, -0.05) is 17.7 Å². The number of nitrogens with one attached hydrogen (secondary N) is 1. The third-order valence-corrected chi connectivity index (χ3v) is 2.66. The maximum atomic E-state index is 6.07. The number of benzene rings is 1. The summed E-state index contributed by atoms with van der Waals surface area (Å²) < 4.78 is 0. The molecule has 0 aliphatic heterocycles. The molecule has 0 spiro atoms. The fourth-order valence-electron chi connectivity index (χ4n) is 1.54. The van der Waals surface area contributed by atoms with Gasteiger partial charge in [0.2, 0.25) is 0 Å². The molecule has 1 heterocycles. The van der Waals surface area contributed by atoms with Crippen molar-refractivity contribution < 1.29 is 0 Å². The Balaban J connectivity index is 2.52. The predicted molar refractivity (Wildman–Crippen MR) is 66.6 cm³/mol. The summed E-state index contributed by atoms with van der Waals surface area (Å²) in [5, 5.41) is 4.46. The van der Waals surface area contributed by atoms with Crippen LogP contribution in [0.3, 0.4) is 0 Å². The van der Waals surface area contributed by atoms with Crippen molar-refractivity contribution in [1.82, 2.24) is 15.3 Å². The lowest BCUT2D eigenvalue weighted by molar-refractivity contribution is 0.760. The SMILES string of the molecule is CNCCc1nc(N)c2cccc(Cl)c2n1. The van der Waals surface area contributed by atoms with Crippen LogP contribution in [0.5, 0.6) is 0 Å². The van der Waals surface area contributed by atoms with Crippen molar-refractivity contribution in [3.8, 4) is 0 Å². The summed E-state index contributed by atoms with van der Waals surface area (Å²) in [4.78, 5) is 8.66. The lowest BCUT2D eigenvalue weighted by Gasteiger charge is -2.06. The maximum absolute atomic E-state index is 6.07. The lowest BCUT2D eigenvalue weighted by Crippen LogP contribution is -2.13. The van der Waals surface area contributed by atoms with Crippen LogP contribution in [-0.2, 0) is 6.42 Å². The average Bonchev–Trinajstić information content (AvgIpc) is 2.28. The molecule has 2 rings (SSSR count). The van der Waals surface area contributed by atoms with Crippen LogP contribution in [0.4, 0.5) is 5.82 Å². The van der Waals surface area contributed by atoms with Crippen LogP contribution in [0.15, 0.2) is 18.2 Å². The van der Waals surface area contributed by atoms with Gasteiger partial charge in [-0.2, -0.15) is 0 Å². The first-order valence-corrected chi connectivity index (χ1v) is 5.45. The summed E-state index contributed by atoms with van der Waals surface area (Å²) in [6.45, 7) is 0.815. The highest BCUT2D eigenvalue weighted by atomic mass is 35.5. The molecule has 0 aliphatic rings. The van der Waals surface area contributed by atoms with Gasteiger partial charge in [0.15, 0.2) is 0 Å². The van der Waals surface area contributed by atoms with E-state index in [2.05, 4.69) is 15.3 Å². The topological polar surface area (TPSA) is 63.8 Å². The molecule has 0 saturated heterocycles. The number of halogens is 1. The first-order valence-electron chi connectivity index (χ1n) is 5.07. The van der Waals surface area contributed by atoms with Crippen LogP contribution >= 0.6 is 11.6 Å². The summed E-state index contributed by atoms with van der Waals surface area (Å²) in [6, 6.07) is 5.52. The molecular weight excluding hydrogens is 224 g/mol. The van der Waals surface area contributed by atoms with Gasteiger partial charge in [0, 0.05) is 18.4 Å². The Bertz CT molecular complexity index is 513. The molecule has 0 bridgehead atoms. The van der Waals surface area contributed by atoms with E-state index in [-0.39, 0.29) is 0 Å². The molecule has 1 aromatic heterocycles.